The molecule has 0 aliphatic carbocycles. The summed E-state index contributed by atoms with van der Waals surface area (Å²) in [7, 11) is -3.32. The molecule has 0 bridgehead atoms. The Hall–Kier alpha value is -0.500. The molecule has 0 saturated carbocycles. The highest BCUT2D eigenvalue weighted by atomic mass is 32.2. The van der Waals surface area contributed by atoms with Gasteiger partial charge in [-0.1, -0.05) is 0 Å². The van der Waals surface area contributed by atoms with Crippen molar-refractivity contribution < 1.29 is 8.42 Å². The van der Waals surface area contributed by atoms with Crippen LogP contribution >= 0.6 is 11.3 Å². The maximum atomic E-state index is 12.2. The van der Waals surface area contributed by atoms with Crippen LogP contribution < -0.4 is 5.32 Å². The number of nitrogens with one attached hydrogen (secondary N) is 1. The molecule has 90 valence electrons. The third-order valence-corrected chi connectivity index (χ3v) is 5.74. The molecule has 0 unspecified atom stereocenters. The van der Waals surface area contributed by atoms with Gasteiger partial charge in [0.05, 0.1) is 11.2 Å². The van der Waals surface area contributed by atoms with Crippen LogP contribution in [0.2, 0.25) is 0 Å². The number of piperazine rings is 1. The van der Waals surface area contributed by atoms with Gasteiger partial charge in [-0.05, 0) is 13.8 Å². The number of thiazole rings is 1. The summed E-state index contributed by atoms with van der Waals surface area (Å²) < 4.78 is 26.3. The highest BCUT2D eigenvalue weighted by Crippen LogP contribution is 2.22. The molecular formula is C9H15N3O2S2. The smallest absolute Gasteiger partial charge is 0.254 e. The van der Waals surface area contributed by atoms with Gasteiger partial charge in [-0.15, -0.1) is 11.3 Å². The average molecular weight is 261 g/mol. The van der Waals surface area contributed by atoms with Gasteiger partial charge in [0.15, 0.2) is 4.21 Å². The maximum absolute atomic E-state index is 12.2. The van der Waals surface area contributed by atoms with Gasteiger partial charge < -0.3 is 5.32 Å². The van der Waals surface area contributed by atoms with Crippen molar-refractivity contribution in [2.24, 2.45) is 0 Å². The molecule has 7 heteroatoms. The van der Waals surface area contributed by atoms with Crippen LogP contribution in [0, 0.1) is 6.92 Å². The van der Waals surface area contributed by atoms with Crippen LogP contribution in [-0.2, 0) is 10.0 Å². The van der Waals surface area contributed by atoms with E-state index in [-0.39, 0.29) is 6.04 Å². The van der Waals surface area contributed by atoms with E-state index < -0.39 is 10.0 Å². The van der Waals surface area contributed by atoms with Gasteiger partial charge in [0.25, 0.3) is 10.0 Å². The summed E-state index contributed by atoms with van der Waals surface area (Å²) in [6, 6.07) is 0.206. The van der Waals surface area contributed by atoms with Crippen molar-refractivity contribution in [3.05, 3.63) is 11.2 Å². The molecular weight excluding hydrogens is 246 g/mol. The average Bonchev–Trinajstić information content (AvgIpc) is 2.65. The topological polar surface area (TPSA) is 62.3 Å². The highest BCUT2D eigenvalue weighted by Gasteiger charge is 2.29. The zero-order valence-corrected chi connectivity index (χ0v) is 10.9. The fraction of sp³-hybridized carbons (Fsp3) is 0.667. The van der Waals surface area contributed by atoms with Crippen LogP contribution in [0.4, 0.5) is 0 Å². The van der Waals surface area contributed by atoms with Crippen LogP contribution in [-0.4, -0.2) is 43.4 Å². The van der Waals surface area contributed by atoms with Crippen molar-refractivity contribution in [2.75, 3.05) is 19.6 Å². The predicted molar refractivity (Wildman–Crippen MR) is 63.1 cm³/mol. The Balaban J connectivity index is 2.25. The summed E-state index contributed by atoms with van der Waals surface area (Å²) in [5.41, 5.74) is 0. The molecule has 2 heterocycles. The molecule has 1 atom stereocenters. The second-order valence-corrected chi connectivity index (χ2v) is 7.32. The third-order valence-electron chi connectivity index (χ3n) is 2.53. The monoisotopic (exact) mass is 261 g/mol. The number of aryl methyl sites for hydroxylation is 1. The minimum absolute atomic E-state index is 0.206. The molecule has 16 heavy (non-hydrogen) atoms. The molecule has 1 aliphatic heterocycles. The van der Waals surface area contributed by atoms with Gasteiger partial charge in [0.1, 0.15) is 0 Å². The summed E-state index contributed by atoms with van der Waals surface area (Å²) in [4.78, 5) is 3.99. The number of hydrogen-bond acceptors (Lipinski definition) is 5. The van der Waals surface area contributed by atoms with Crippen LogP contribution in [0.15, 0.2) is 10.4 Å². The number of rotatable bonds is 2. The molecule has 0 amide bonds. The fourth-order valence-electron chi connectivity index (χ4n) is 1.70. The molecule has 1 N–H and O–H groups in total. The molecule has 1 aliphatic rings. The Morgan fingerprint density at radius 2 is 2.38 bits per heavy atom. The van der Waals surface area contributed by atoms with E-state index in [9.17, 15) is 8.42 Å². The van der Waals surface area contributed by atoms with E-state index >= 15 is 0 Å². The summed E-state index contributed by atoms with van der Waals surface area (Å²) in [6.45, 7) is 5.56. The lowest BCUT2D eigenvalue weighted by Gasteiger charge is -2.30. The number of nitrogens with zero attached hydrogens (tertiary/aromatic N) is 2. The zero-order valence-electron chi connectivity index (χ0n) is 9.30. The van der Waals surface area contributed by atoms with Gasteiger partial charge in [0.2, 0.25) is 0 Å². The summed E-state index contributed by atoms with van der Waals surface area (Å²) in [5, 5.41) is 4.00. The second kappa shape index (κ2) is 4.40. The van der Waals surface area contributed by atoms with E-state index in [0.717, 1.165) is 5.01 Å². The van der Waals surface area contributed by atoms with E-state index in [4.69, 9.17) is 0 Å². The quantitative estimate of drug-likeness (QED) is 0.839. The molecule has 1 saturated heterocycles. The van der Waals surface area contributed by atoms with Crippen LogP contribution in [0.3, 0.4) is 0 Å². The molecule has 0 radical (unpaired) electrons. The first-order valence-corrected chi connectivity index (χ1v) is 7.42. The predicted octanol–water partition coefficient (Wildman–Crippen LogP) is 0.434. The van der Waals surface area contributed by atoms with E-state index in [1.165, 1.54) is 21.8 Å². The lowest BCUT2D eigenvalue weighted by Crippen LogP contribution is -2.51. The van der Waals surface area contributed by atoms with Crippen molar-refractivity contribution in [1.29, 1.82) is 0 Å². The van der Waals surface area contributed by atoms with E-state index in [0.29, 0.717) is 23.8 Å². The Bertz CT molecular complexity index is 469. The molecule has 1 aromatic heterocycles. The zero-order chi connectivity index (χ0) is 11.8. The molecule has 1 fully saturated rings. The highest BCUT2D eigenvalue weighted by molar-refractivity contribution is 7.91. The Kier molecular flexibility index (Phi) is 3.29. The van der Waals surface area contributed by atoms with Crippen LogP contribution in [0.1, 0.15) is 11.9 Å². The SMILES string of the molecule is Cc1ncc(S(=O)(=O)N2CCN[C@H](C)C2)s1. The second-order valence-electron chi connectivity index (χ2n) is 3.92. The largest absolute Gasteiger partial charge is 0.312 e. The van der Waals surface area contributed by atoms with Crippen LogP contribution in [0.5, 0.6) is 0 Å². The molecule has 1 aromatic rings. The Labute approximate surface area is 99.5 Å². The lowest BCUT2D eigenvalue weighted by atomic mass is 10.3. The molecule has 0 aromatic carbocycles. The number of sulfonamides is 1. The van der Waals surface area contributed by atoms with Gasteiger partial charge >= 0.3 is 0 Å². The normalized spacial score (nSPS) is 23.5. The summed E-state index contributed by atoms with van der Waals surface area (Å²) in [5.74, 6) is 0. The van der Waals surface area contributed by atoms with E-state index in [1.807, 2.05) is 13.8 Å². The van der Waals surface area contributed by atoms with Crippen molar-refractivity contribution in [3.8, 4) is 0 Å². The van der Waals surface area contributed by atoms with E-state index in [1.54, 1.807) is 0 Å². The first-order chi connectivity index (χ1) is 7.50. The number of aromatic nitrogens is 1. The van der Waals surface area contributed by atoms with Crippen LogP contribution in [0.25, 0.3) is 0 Å². The fourth-order valence-corrected chi connectivity index (χ4v) is 4.50. The number of hydrogen-bond donors (Lipinski definition) is 1. The van der Waals surface area contributed by atoms with Gasteiger partial charge in [0, 0.05) is 25.7 Å². The lowest BCUT2D eigenvalue weighted by molar-refractivity contribution is 0.310. The third kappa shape index (κ3) is 2.27. The van der Waals surface area contributed by atoms with Crippen molar-refractivity contribution in [1.82, 2.24) is 14.6 Å². The van der Waals surface area contributed by atoms with Crippen molar-refractivity contribution >= 4 is 21.4 Å². The molecule has 0 spiro atoms. The van der Waals surface area contributed by atoms with Gasteiger partial charge in [-0.25, -0.2) is 13.4 Å². The summed E-state index contributed by atoms with van der Waals surface area (Å²) >= 11 is 1.23. The standard InChI is InChI=1S/C9H15N3O2S2/c1-7-6-12(4-3-10-7)16(13,14)9-5-11-8(2)15-9/h5,7,10H,3-4,6H2,1-2H3/t7-/m1/s1. The summed E-state index contributed by atoms with van der Waals surface area (Å²) in [6.07, 6.45) is 1.45. The van der Waals surface area contributed by atoms with E-state index in [2.05, 4.69) is 10.3 Å². The van der Waals surface area contributed by atoms with Crippen molar-refractivity contribution in [3.63, 3.8) is 0 Å². The molecule has 5 nitrogen and oxygen atoms in total. The Morgan fingerprint density at radius 1 is 1.62 bits per heavy atom. The minimum atomic E-state index is -3.32. The minimum Gasteiger partial charge on any atom is -0.312 e. The Morgan fingerprint density at radius 3 is 2.94 bits per heavy atom. The first kappa shape index (κ1) is 12.0. The van der Waals surface area contributed by atoms with Crippen molar-refractivity contribution in [2.45, 2.75) is 24.1 Å². The maximum Gasteiger partial charge on any atom is 0.254 e. The molecule has 2 rings (SSSR count). The van der Waals surface area contributed by atoms with Gasteiger partial charge in [-0.3, -0.25) is 0 Å². The first-order valence-electron chi connectivity index (χ1n) is 5.16. The van der Waals surface area contributed by atoms with Gasteiger partial charge in [-0.2, -0.15) is 4.31 Å².